The number of methoxy groups -OCH3 is 1. The summed E-state index contributed by atoms with van der Waals surface area (Å²) in [5.74, 6) is 0.455. The lowest BCUT2D eigenvalue weighted by molar-refractivity contribution is -0.119. The van der Waals surface area contributed by atoms with Crippen LogP contribution < -0.4 is 0 Å². The monoisotopic (exact) mass is 435 g/mol. The highest BCUT2D eigenvalue weighted by molar-refractivity contribution is 7.32. The van der Waals surface area contributed by atoms with Gasteiger partial charge in [-0.2, -0.15) is 0 Å². The third kappa shape index (κ3) is 22.1. The molecule has 0 aromatic rings. The number of carbonyl (C=O) groups excluding carboxylic acids is 1. The quantitative estimate of drug-likeness (QED) is 0.154. The first-order valence-corrected chi connectivity index (χ1v) is 12.6. The number of hydrogen-bond acceptors (Lipinski definition) is 5. The highest BCUT2D eigenvalue weighted by atomic mass is 31.1. The van der Waals surface area contributed by atoms with Gasteiger partial charge in [-0.15, -0.1) is 9.42 Å². The molecule has 29 heavy (non-hydrogen) atoms. The molecular formula is C22H44O6P+. The SMILES string of the molecule is CCCCCCC(=O)CCCCCCCCCCCOCC(CO[P+](=O)O)OC. The molecule has 0 heterocycles. The Hall–Kier alpha value is -0.390. The molecule has 0 rings (SSSR count). The summed E-state index contributed by atoms with van der Waals surface area (Å²) in [6, 6.07) is 0. The highest BCUT2D eigenvalue weighted by Gasteiger charge is 2.17. The van der Waals surface area contributed by atoms with Crippen LogP contribution in [0.3, 0.4) is 0 Å². The Morgan fingerprint density at radius 3 is 1.86 bits per heavy atom. The Balaban J connectivity index is 3.27. The highest BCUT2D eigenvalue weighted by Crippen LogP contribution is 2.15. The Kier molecular flexibility index (Phi) is 22.0. The smallest absolute Gasteiger partial charge is 0.379 e. The van der Waals surface area contributed by atoms with Gasteiger partial charge in [-0.1, -0.05) is 71.1 Å². The van der Waals surface area contributed by atoms with Gasteiger partial charge in [0.05, 0.1) is 6.61 Å². The zero-order chi connectivity index (χ0) is 21.6. The molecule has 1 N–H and O–H groups in total. The fourth-order valence-electron chi connectivity index (χ4n) is 3.18. The Bertz CT molecular complexity index is 391. The first kappa shape index (κ1) is 28.6. The van der Waals surface area contributed by atoms with Gasteiger partial charge >= 0.3 is 8.25 Å². The van der Waals surface area contributed by atoms with Crippen molar-refractivity contribution in [1.29, 1.82) is 0 Å². The van der Waals surface area contributed by atoms with Crippen LogP contribution in [0.4, 0.5) is 0 Å². The molecule has 0 amide bonds. The minimum Gasteiger partial charge on any atom is -0.379 e. The summed E-state index contributed by atoms with van der Waals surface area (Å²) in [7, 11) is -1.05. The molecule has 0 bridgehead atoms. The van der Waals surface area contributed by atoms with Crippen LogP contribution in [0.25, 0.3) is 0 Å². The van der Waals surface area contributed by atoms with E-state index in [-0.39, 0.29) is 12.7 Å². The van der Waals surface area contributed by atoms with Gasteiger partial charge in [-0.25, -0.2) is 0 Å². The van der Waals surface area contributed by atoms with E-state index in [1.165, 1.54) is 64.9 Å². The van der Waals surface area contributed by atoms with Crippen LogP contribution in [-0.4, -0.2) is 43.7 Å². The van der Waals surface area contributed by atoms with Crippen LogP contribution in [0.2, 0.25) is 0 Å². The molecule has 172 valence electrons. The second-order valence-electron chi connectivity index (χ2n) is 7.75. The number of ether oxygens (including phenoxy) is 2. The van der Waals surface area contributed by atoms with Crippen molar-refractivity contribution in [3.63, 3.8) is 0 Å². The Morgan fingerprint density at radius 2 is 1.34 bits per heavy atom. The average Bonchev–Trinajstić information content (AvgIpc) is 2.70. The van der Waals surface area contributed by atoms with E-state index < -0.39 is 8.25 Å². The van der Waals surface area contributed by atoms with Crippen molar-refractivity contribution < 1.29 is 28.3 Å². The first-order valence-electron chi connectivity index (χ1n) is 11.5. The molecule has 0 aliphatic carbocycles. The third-order valence-electron chi connectivity index (χ3n) is 5.06. The van der Waals surface area contributed by atoms with Crippen LogP contribution in [0, 0.1) is 0 Å². The van der Waals surface area contributed by atoms with Crippen molar-refractivity contribution >= 4 is 14.0 Å². The van der Waals surface area contributed by atoms with E-state index in [9.17, 15) is 9.36 Å². The molecule has 0 saturated heterocycles. The third-order valence-corrected chi connectivity index (χ3v) is 5.43. The molecule has 0 aromatic carbocycles. The minimum atomic E-state index is -2.58. The molecule has 0 saturated carbocycles. The van der Waals surface area contributed by atoms with Crippen molar-refractivity contribution in [1.82, 2.24) is 0 Å². The van der Waals surface area contributed by atoms with Gasteiger partial charge in [0.1, 0.15) is 18.5 Å². The molecule has 0 fully saturated rings. The number of carbonyl (C=O) groups is 1. The summed E-state index contributed by atoms with van der Waals surface area (Å²) in [6.45, 7) is 3.31. The predicted molar refractivity (Wildman–Crippen MR) is 117 cm³/mol. The van der Waals surface area contributed by atoms with Crippen molar-refractivity contribution in [2.75, 3.05) is 26.9 Å². The van der Waals surface area contributed by atoms with Gasteiger partial charge in [-0.05, 0) is 19.3 Å². The summed E-state index contributed by atoms with van der Waals surface area (Å²) < 4.78 is 25.8. The molecule has 0 aromatic heterocycles. The lowest BCUT2D eigenvalue weighted by atomic mass is 10.0. The van der Waals surface area contributed by atoms with Gasteiger partial charge in [0, 0.05) is 31.1 Å². The normalized spacial score (nSPS) is 12.9. The molecule has 7 heteroatoms. The van der Waals surface area contributed by atoms with Crippen LogP contribution in [0.15, 0.2) is 0 Å². The van der Waals surface area contributed by atoms with Crippen molar-refractivity contribution in [2.24, 2.45) is 0 Å². The molecule has 0 aliphatic rings. The standard InChI is InChI=1S/C22H43O6P/c1-3-4-5-13-16-21(23)17-14-11-9-7-6-8-10-12-15-18-27-19-22(26-2)20-28-29(24)25/h22H,3-20H2,1-2H3/p+1. The second kappa shape index (κ2) is 22.3. The summed E-state index contributed by atoms with van der Waals surface area (Å²) in [4.78, 5) is 20.4. The van der Waals surface area contributed by atoms with Crippen LogP contribution in [0.1, 0.15) is 103 Å². The Morgan fingerprint density at radius 1 is 0.828 bits per heavy atom. The average molecular weight is 436 g/mol. The van der Waals surface area contributed by atoms with Gasteiger partial charge in [0.25, 0.3) is 0 Å². The number of unbranched alkanes of at least 4 members (excludes halogenated alkanes) is 11. The van der Waals surface area contributed by atoms with E-state index in [2.05, 4.69) is 11.4 Å². The van der Waals surface area contributed by atoms with E-state index in [1.54, 1.807) is 0 Å². The van der Waals surface area contributed by atoms with Gasteiger partial charge in [-0.3, -0.25) is 4.79 Å². The molecule has 0 aliphatic heterocycles. The minimum absolute atomic E-state index is 0.0648. The molecule has 0 spiro atoms. The van der Waals surface area contributed by atoms with Gasteiger partial charge < -0.3 is 9.47 Å². The van der Waals surface area contributed by atoms with Gasteiger partial charge in [0.15, 0.2) is 0 Å². The summed E-state index contributed by atoms with van der Waals surface area (Å²) in [5.41, 5.74) is 0. The number of Topliss-reactive ketones (excluding diaryl/α,β-unsaturated/α-hetero) is 1. The maximum atomic E-state index is 11.8. The second-order valence-corrected chi connectivity index (χ2v) is 8.48. The van der Waals surface area contributed by atoms with Crippen molar-refractivity contribution in [2.45, 2.75) is 109 Å². The molecule has 6 nitrogen and oxygen atoms in total. The zero-order valence-electron chi connectivity index (χ0n) is 18.7. The van der Waals surface area contributed by atoms with Crippen LogP contribution >= 0.6 is 8.25 Å². The molecule has 2 atom stereocenters. The number of ketones is 1. The van der Waals surface area contributed by atoms with E-state index >= 15 is 0 Å². The lowest BCUT2D eigenvalue weighted by Crippen LogP contribution is -2.23. The maximum Gasteiger partial charge on any atom is 0.694 e. The van der Waals surface area contributed by atoms with Crippen LogP contribution in [-0.2, 0) is 23.4 Å². The van der Waals surface area contributed by atoms with E-state index in [1.807, 2.05) is 0 Å². The van der Waals surface area contributed by atoms with Gasteiger partial charge in [0.2, 0.25) is 0 Å². The van der Waals surface area contributed by atoms with Crippen LogP contribution in [0.5, 0.6) is 0 Å². The summed E-state index contributed by atoms with van der Waals surface area (Å²) in [5, 5.41) is 0. The van der Waals surface area contributed by atoms with E-state index in [4.69, 9.17) is 14.4 Å². The lowest BCUT2D eigenvalue weighted by Gasteiger charge is -2.12. The number of rotatable bonds is 23. The van der Waals surface area contributed by atoms with Crippen molar-refractivity contribution in [3.05, 3.63) is 0 Å². The van der Waals surface area contributed by atoms with E-state index in [0.717, 1.165) is 38.5 Å². The maximum absolute atomic E-state index is 11.8. The Labute approximate surface area is 179 Å². The topological polar surface area (TPSA) is 82.1 Å². The number of hydrogen-bond donors (Lipinski definition) is 1. The summed E-state index contributed by atoms with van der Waals surface area (Å²) in [6.07, 6.45) is 16.7. The molecule has 2 unspecified atom stereocenters. The predicted octanol–water partition coefficient (Wildman–Crippen LogP) is 6.12. The zero-order valence-corrected chi connectivity index (χ0v) is 19.6. The fourth-order valence-corrected chi connectivity index (χ4v) is 3.48. The van der Waals surface area contributed by atoms with E-state index in [0.29, 0.717) is 19.0 Å². The van der Waals surface area contributed by atoms with Crippen molar-refractivity contribution in [3.8, 4) is 0 Å². The molecule has 0 radical (unpaired) electrons. The first-order chi connectivity index (χ1) is 14.1. The largest absolute Gasteiger partial charge is 0.694 e. The molecular weight excluding hydrogens is 391 g/mol. The fraction of sp³-hybridized carbons (Fsp3) is 0.955. The summed E-state index contributed by atoms with van der Waals surface area (Å²) >= 11 is 0.